The van der Waals surface area contributed by atoms with Crippen molar-refractivity contribution in [1.82, 2.24) is 10.3 Å². The van der Waals surface area contributed by atoms with Gasteiger partial charge < -0.3 is 15.0 Å². The van der Waals surface area contributed by atoms with E-state index in [1.54, 1.807) is 7.11 Å². The Labute approximate surface area is 126 Å². The Bertz CT molecular complexity index is 433. The Morgan fingerprint density at radius 1 is 1.45 bits per heavy atom. The Balaban J connectivity index is 2.15. The molecule has 1 aliphatic rings. The Kier molecular flexibility index (Phi) is 5.41. The van der Waals surface area contributed by atoms with E-state index in [9.17, 15) is 0 Å². The van der Waals surface area contributed by atoms with Crippen LogP contribution in [0.4, 0.5) is 5.13 Å². The van der Waals surface area contributed by atoms with Gasteiger partial charge in [0.05, 0.1) is 12.3 Å². The second kappa shape index (κ2) is 6.87. The second-order valence-corrected chi connectivity index (χ2v) is 7.24. The van der Waals surface area contributed by atoms with Gasteiger partial charge >= 0.3 is 0 Å². The van der Waals surface area contributed by atoms with Crippen molar-refractivity contribution in [2.75, 3.05) is 18.6 Å². The Morgan fingerprint density at radius 3 is 2.75 bits per heavy atom. The summed E-state index contributed by atoms with van der Waals surface area (Å²) in [5.41, 5.74) is 1.09. The first kappa shape index (κ1) is 15.7. The molecule has 2 rings (SSSR count). The molecule has 1 saturated heterocycles. The summed E-state index contributed by atoms with van der Waals surface area (Å²) >= 11 is 1.82. The van der Waals surface area contributed by atoms with Gasteiger partial charge in [0.15, 0.2) is 5.13 Å². The zero-order valence-corrected chi connectivity index (χ0v) is 14.1. The maximum Gasteiger partial charge on any atom is 0.186 e. The third-order valence-corrected chi connectivity index (χ3v) is 4.88. The largest absolute Gasteiger partial charge is 0.378 e. The van der Waals surface area contributed by atoms with Crippen LogP contribution in [0.25, 0.3) is 0 Å². The van der Waals surface area contributed by atoms with E-state index in [1.807, 2.05) is 11.3 Å². The first-order valence-electron chi connectivity index (χ1n) is 7.48. The molecule has 1 aliphatic heterocycles. The van der Waals surface area contributed by atoms with Gasteiger partial charge in [-0.05, 0) is 19.3 Å². The molecule has 20 heavy (non-hydrogen) atoms. The zero-order chi connectivity index (χ0) is 14.7. The van der Waals surface area contributed by atoms with Gasteiger partial charge in [0.25, 0.3) is 0 Å². The Morgan fingerprint density at radius 2 is 2.20 bits per heavy atom. The maximum atomic E-state index is 5.30. The molecule has 1 fully saturated rings. The van der Waals surface area contributed by atoms with Gasteiger partial charge in [-0.3, -0.25) is 0 Å². The fraction of sp³-hybridized carbons (Fsp3) is 0.800. The average Bonchev–Trinajstić information content (AvgIpc) is 2.91. The molecule has 2 unspecified atom stereocenters. The third-order valence-electron chi connectivity index (χ3n) is 3.75. The number of nitrogens with zero attached hydrogens (tertiary/aromatic N) is 2. The quantitative estimate of drug-likeness (QED) is 0.876. The van der Waals surface area contributed by atoms with Gasteiger partial charge in [-0.1, -0.05) is 20.8 Å². The van der Waals surface area contributed by atoms with Crippen molar-refractivity contribution in [3.05, 3.63) is 10.6 Å². The molecule has 1 aromatic heterocycles. The van der Waals surface area contributed by atoms with Gasteiger partial charge in [0, 0.05) is 37.2 Å². The first-order valence-corrected chi connectivity index (χ1v) is 8.30. The molecule has 0 aliphatic carbocycles. The van der Waals surface area contributed by atoms with Crippen LogP contribution in [0.3, 0.4) is 0 Å². The summed E-state index contributed by atoms with van der Waals surface area (Å²) < 4.78 is 5.30. The van der Waals surface area contributed by atoms with Crippen molar-refractivity contribution in [3.63, 3.8) is 0 Å². The van der Waals surface area contributed by atoms with Crippen molar-refractivity contribution in [1.29, 1.82) is 0 Å². The molecular weight excluding hydrogens is 270 g/mol. The van der Waals surface area contributed by atoms with Crippen LogP contribution in [0.5, 0.6) is 0 Å². The molecule has 114 valence electrons. The van der Waals surface area contributed by atoms with E-state index >= 15 is 0 Å². The molecule has 0 radical (unpaired) electrons. The van der Waals surface area contributed by atoms with Crippen molar-refractivity contribution >= 4 is 16.5 Å². The van der Waals surface area contributed by atoms with Gasteiger partial charge in [-0.25, -0.2) is 4.98 Å². The molecule has 4 nitrogen and oxygen atoms in total. The summed E-state index contributed by atoms with van der Waals surface area (Å²) in [6, 6.07) is 1.08. The molecule has 1 aromatic rings. The summed E-state index contributed by atoms with van der Waals surface area (Å²) in [5, 5.41) is 4.64. The highest BCUT2D eigenvalue weighted by Crippen LogP contribution is 2.33. The minimum atomic E-state index is 0.488. The third kappa shape index (κ3) is 3.71. The number of methoxy groups -OCH3 is 1. The lowest BCUT2D eigenvalue weighted by atomic mass is 10.1. The topological polar surface area (TPSA) is 37.4 Å². The van der Waals surface area contributed by atoms with Crippen LogP contribution in [0.1, 0.15) is 44.7 Å². The van der Waals surface area contributed by atoms with E-state index in [-0.39, 0.29) is 0 Å². The normalized spacial score (nSPS) is 23.0. The zero-order valence-electron chi connectivity index (χ0n) is 13.3. The predicted octanol–water partition coefficient (Wildman–Crippen LogP) is 3.02. The molecule has 5 heteroatoms. The highest BCUT2D eigenvalue weighted by atomic mass is 32.1. The molecule has 0 amide bonds. The molecule has 0 aromatic carbocycles. The average molecular weight is 297 g/mol. The SMILES string of the molecule is COCc1nc(N2CC(C)CC2C)sc1CNC(C)C. The van der Waals surface area contributed by atoms with E-state index in [4.69, 9.17) is 9.72 Å². The molecule has 0 bridgehead atoms. The van der Waals surface area contributed by atoms with E-state index < -0.39 is 0 Å². The number of rotatable bonds is 6. The molecule has 2 heterocycles. The lowest BCUT2D eigenvalue weighted by Gasteiger charge is -2.20. The van der Waals surface area contributed by atoms with Crippen molar-refractivity contribution < 1.29 is 4.74 Å². The van der Waals surface area contributed by atoms with Gasteiger partial charge in [-0.2, -0.15) is 0 Å². The summed E-state index contributed by atoms with van der Waals surface area (Å²) in [6.45, 7) is 11.6. The smallest absolute Gasteiger partial charge is 0.186 e. The van der Waals surface area contributed by atoms with Crippen molar-refractivity contribution in [3.8, 4) is 0 Å². The van der Waals surface area contributed by atoms with Crippen LogP contribution in [-0.4, -0.2) is 30.7 Å². The van der Waals surface area contributed by atoms with Crippen LogP contribution in [0, 0.1) is 5.92 Å². The van der Waals surface area contributed by atoms with Crippen LogP contribution in [0.2, 0.25) is 0 Å². The maximum absolute atomic E-state index is 5.30. The number of anilines is 1. The standard InChI is InChI=1S/C15H27N3OS/c1-10(2)16-7-14-13(9-19-5)17-15(20-14)18-8-11(3)6-12(18)4/h10-12,16H,6-9H2,1-5H3. The van der Waals surface area contributed by atoms with Crippen LogP contribution < -0.4 is 10.2 Å². The van der Waals surface area contributed by atoms with Gasteiger partial charge in [0.2, 0.25) is 0 Å². The first-order chi connectivity index (χ1) is 9.51. The number of ether oxygens (including phenoxy) is 1. The fourth-order valence-electron chi connectivity index (χ4n) is 2.74. The summed E-state index contributed by atoms with van der Waals surface area (Å²) in [4.78, 5) is 8.58. The molecule has 2 atom stereocenters. The molecule has 0 spiro atoms. The minimum absolute atomic E-state index is 0.488. The van der Waals surface area contributed by atoms with Crippen molar-refractivity contribution in [2.45, 2.75) is 59.4 Å². The minimum Gasteiger partial charge on any atom is -0.378 e. The monoisotopic (exact) mass is 297 g/mol. The molecule has 1 N–H and O–H groups in total. The lowest BCUT2D eigenvalue weighted by molar-refractivity contribution is 0.181. The van der Waals surface area contributed by atoms with Crippen LogP contribution in [0.15, 0.2) is 0 Å². The van der Waals surface area contributed by atoms with Gasteiger partial charge in [-0.15, -0.1) is 11.3 Å². The number of hydrogen-bond donors (Lipinski definition) is 1. The fourth-order valence-corrected chi connectivity index (χ4v) is 3.87. The number of thiazole rings is 1. The van der Waals surface area contributed by atoms with E-state index in [2.05, 4.69) is 37.9 Å². The number of aromatic nitrogens is 1. The number of hydrogen-bond acceptors (Lipinski definition) is 5. The highest BCUT2D eigenvalue weighted by molar-refractivity contribution is 7.15. The van der Waals surface area contributed by atoms with E-state index in [0.717, 1.165) is 29.8 Å². The lowest BCUT2D eigenvalue weighted by Crippen LogP contribution is -2.26. The summed E-state index contributed by atoms with van der Waals surface area (Å²) in [5.74, 6) is 0.761. The summed E-state index contributed by atoms with van der Waals surface area (Å²) in [6.07, 6.45) is 1.26. The van der Waals surface area contributed by atoms with Crippen LogP contribution in [-0.2, 0) is 17.9 Å². The number of nitrogens with one attached hydrogen (secondary N) is 1. The second-order valence-electron chi connectivity index (χ2n) is 6.18. The molecule has 0 saturated carbocycles. The van der Waals surface area contributed by atoms with E-state index in [1.165, 1.54) is 11.3 Å². The van der Waals surface area contributed by atoms with Crippen LogP contribution >= 0.6 is 11.3 Å². The summed E-state index contributed by atoms with van der Waals surface area (Å²) in [7, 11) is 1.74. The highest BCUT2D eigenvalue weighted by Gasteiger charge is 2.29. The molecular formula is C15H27N3OS. The van der Waals surface area contributed by atoms with E-state index in [0.29, 0.717) is 18.7 Å². The predicted molar refractivity (Wildman–Crippen MR) is 85.4 cm³/mol. The van der Waals surface area contributed by atoms with Crippen molar-refractivity contribution in [2.24, 2.45) is 5.92 Å². The van der Waals surface area contributed by atoms with Gasteiger partial charge in [0.1, 0.15) is 0 Å². The Hall–Kier alpha value is -0.650.